The molecule has 5 rings (SSSR count). The van der Waals surface area contributed by atoms with E-state index in [0.29, 0.717) is 38.9 Å². The monoisotopic (exact) mass is 555 g/mol. The molecule has 8 heteroatoms. The van der Waals surface area contributed by atoms with Crippen molar-refractivity contribution in [2.24, 2.45) is 0 Å². The van der Waals surface area contributed by atoms with Crippen LogP contribution in [0.2, 0.25) is 10.0 Å². The van der Waals surface area contributed by atoms with E-state index in [1.165, 1.54) is 0 Å². The van der Waals surface area contributed by atoms with Gasteiger partial charge in [-0.1, -0.05) is 59.6 Å². The van der Waals surface area contributed by atoms with Crippen LogP contribution in [0.5, 0.6) is 5.75 Å². The Balaban J connectivity index is 1.47. The van der Waals surface area contributed by atoms with Crippen LogP contribution in [0.1, 0.15) is 38.7 Å². The molecule has 0 saturated carbocycles. The summed E-state index contributed by atoms with van der Waals surface area (Å²) < 4.78 is 8.00. The topological polar surface area (TPSA) is 56.1 Å². The first-order chi connectivity index (χ1) is 16.5. The number of benzene rings is 3. The molecule has 5 nitrogen and oxygen atoms in total. The number of carbonyl (C=O) groups excluding carboxylic acids is 1. The lowest BCUT2D eigenvalue weighted by molar-refractivity contribution is 0.0942. The highest BCUT2D eigenvalue weighted by molar-refractivity contribution is 9.10. The lowest BCUT2D eigenvalue weighted by Gasteiger charge is -2.22. The predicted octanol–water partition coefficient (Wildman–Crippen LogP) is 6.46. The summed E-state index contributed by atoms with van der Waals surface area (Å²) >= 11 is 16.4. The van der Waals surface area contributed by atoms with Crippen LogP contribution in [-0.2, 0) is 13.0 Å². The Labute approximate surface area is 215 Å². The van der Waals surface area contributed by atoms with Crippen LogP contribution in [0.15, 0.2) is 77.5 Å². The Hall–Kier alpha value is -2.80. The summed E-state index contributed by atoms with van der Waals surface area (Å²) in [5.41, 5.74) is 4.24. The van der Waals surface area contributed by atoms with Gasteiger partial charge in [0.25, 0.3) is 5.91 Å². The third-order valence-corrected chi connectivity index (χ3v) is 7.20. The Morgan fingerprint density at radius 3 is 2.76 bits per heavy atom. The normalized spacial score (nSPS) is 13.3. The number of rotatable bonds is 6. The number of hydrogen-bond donors (Lipinski definition) is 1. The standard InChI is InChI=1S/C26H20BrCl2N3O2/c27-25-21(14-30-32(25)15-16-4-2-1-3-5-16)26(33)31-24(20-13-19(28)7-8-22(20)29)18-6-9-23-17(12-18)10-11-34-23/h1-9,12-14,24H,10-11,15H2,(H,31,33). The molecule has 1 amide bonds. The second kappa shape index (κ2) is 9.82. The number of nitrogens with zero attached hydrogens (tertiary/aromatic N) is 2. The summed E-state index contributed by atoms with van der Waals surface area (Å²) in [5, 5.41) is 8.61. The van der Waals surface area contributed by atoms with Gasteiger partial charge in [0.05, 0.1) is 31.0 Å². The van der Waals surface area contributed by atoms with Crippen LogP contribution in [-0.4, -0.2) is 22.3 Å². The minimum Gasteiger partial charge on any atom is -0.493 e. The first-order valence-corrected chi connectivity index (χ1v) is 12.3. The van der Waals surface area contributed by atoms with Crippen LogP contribution in [0, 0.1) is 0 Å². The van der Waals surface area contributed by atoms with Gasteiger partial charge in [0.15, 0.2) is 0 Å². The summed E-state index contributed by atoms with van der Waals surface area (Å²) in [6.45, 7) is 1.20. The Bertz CT molecular complexity index is 1360. The number of amides is 1. The van der Waals surface area contributed by atoms with Crippen molar-refractivity contribution in [3.8, 4) is 5.75 Å². The highest BCUT2D eigenvalue weighted by atomic mass is 79.9. The van der Waals surface area contributed by atoms with Gasteiger partial charge in [0, 0.05) is 16.5 Å². The molecule has 4 aromatic rings. The number of ether oxygens (including phenoxy) is 1. The number of hydrogen-bond acceptors (Lipinski definition) is 3. The molecule has 2 heterocycles. The molecular formula is C26H20BrCl2N3O2. The van der Waals surface area contributed by atoms with Crippen molar-refractivity contribution in [1.82, 2.24) is 15.1 Å². The SMILES string of the molecule is O=C(NC(c1ccc2c(c1)CCO2)c1cc(Cl)ccc1Cl)c1cnn(Cc2ccccc2)c1Br. The molecule has 1 unspecified atom stereocenters. The molecule has 0 saturated heterocycles. The minimum absolute atomic E-state index is 0.274. The van der Waals surface area contributed by atoms with E-state index in [-0.39, 0.29) is 5.91 Å². The first-order valence-electron chi connectivity index (χ1n) is 10.8. The Morgan fingerprint density at radius 2 is 1.94 bits per heavy atom. The van der Waals surface area contributed by atoms with E-state index in [2.05, 4.69) is 32.4 Å². The van der Waals surface area contributed by atoms with Crippen LogP contribution in [0.3, 0.4) is 0 Å². The molecule has 172 valence electrons. The zero-order valence-corrected chi connectivity index (χ0v) is 21.1. The average Bonchev–Trinajstić information content (AvgIpc) is 3.46. The van der Waals surface area contributed by atoms with Gasteiger partial charge in [-0.25, -0.2) is 0 Å². The number of halogens is 3. The number of fused-ring (bicyclic) bond motifs is 1. The van der Waals surface area contributed by atoms with Crippen molar-refractivity contribution in [2.75, 3.05) is 6.61 Å². The molecule has 1 atom stereocenters. The highest BCUT2D eigenvalue weighted by Gasteiger charge is 2.25. The molecule has 0 aliphatic carbocycles. The zero-order valence-electron chi connectivity index (χ0n) is 18.0. The van der Waals surface area contributed by atoms with Gasteiger partial charge in [0.2, 0.25) is 0 Å². The Kier molecular flexibility index (Phi) is 6.63. The molecule has 34 heavy (non-hydrogen) atoms. The summed E-state index contributed by atoms with van der Waals surface area (Å²) in [6, 6.07) is 20.6. The molecule has 0 spiro atoms. The molecular weight excluding hydrogens is 537 g/mol. The van der Waals surface area contributed by atoms with Gasteiger partial charge in [-0.05, 0) is 68.5 Å². The van der Waals surface area contributed by atoms with Crippen molar-refractivity contribution < 1.29 is 9.53 Å². The van der Waals surface area contributed by atoms with E-state index in [1.807, 2.05) is 42.5 Å². The minimum atomic E-state index is -0.506. The van der Waals surface area contributed by atoms with Gasteiger partial charge in [0.1, 0.15) is 10.4 Å². The summed E-state index contributed by atoms with van der Waals surface area (Å²) in [4.78, 5) is 13.4. The average molecular weight is 557 g/mol. The van der Waals surface area contributed by atoms with Crippen LogP contribution in [0.4, 0.5) is 0 Å². The fourth-order valence-corrected chi connectivity index (χ4v) is 4.97. The maximum atomic E-state index is 13.4. The fourth-order valence-electron chi connectivity index (χ4n) is 4.06. The zero-order chi connectivity index (χ0) is 23.7. The van der Waals surface area contributed by atoms with E-state index in [1.54, 1.807) is 29.1 Å². The van der Waals surface area contributed by atoms with Gasteiger partial charge in [-0.2, -0.15) is 5.10 Å². The van der Waals surface area contributed by atoms with E-state index < -0.39 is 6.04 Å². The van der Waals surface area contributed by atoms with E-state index in [0.717, 1.165) is 28.9 Å². The molecule has 1 aromatic heterocycles. The van der Waals surface area contributed by atoms with Crippen LogP contribution >= 0.6 is 39.1 Å². The molecule has 0 radical (unpaired) electrons. The maximum Gasteiger partial charge on any atom is 0.256 e. The molecule has 1 aliphatic heterocycles. The quantitative estimate of drug-likeness (QED) is 0.297. The van der Waals surface area contributed by atoms with Gasteiger partial charge in [-0.3, -0.25) is 9.48 Å². The summed E-state index contributed by atoms with van der Waals surface area (Å²) in [6.07, 6.45) is 2.39. The lowest BCUT2D eigenvalue weighted by atomic mass is 9.96. The van der Waals surface area contributed by atoms with Crippen molar-refractivity contribution in [3.63, 3.8) is 0 Å². The van der Waals surface area contributed by atoms with E-state index >= 15 is 0 Å². The largest absolute Gasteiger partial charge is 0.493 e. The number of aromatic nitrogens is 2. The molecule has 0 fully saturated rings. The molecule has 1 N–H and O–H groups in total. The van der Waals surface area contributed by atoms with Crippen LogP contribution < -0.4 is 10.1 Å². The highest BCUT2D eigenvalue weighted by Crippen LogP contribution is 2.35. The first kappa shape index (κ1) is 23.0. The number of nitrogens with one attached hydrogen (secondary N) is 1. The molecule has 1 aliphatic rings. The van der Waals surface area contributed by atoms with Gasteiger partial charge in [-0.15, -0.1) is 0 Å². The van der Waals surface area contributed by atoms with E-state index in [9.17, 15) is 4.79 Å². The second-order valence-corrected chi connectivity index (χ2v) is 9.63. The van der Waals surface area contributed by atoms with Gasteiger partial charge < -0.3 is 10.1 Å². The second-order valence-electron chi connectivity index (χ2n) is 8.03. The smallest absolute Gasteiger partial charge is 0.256 e. The van der Waals surface area contributed by atoms with E-state index in [4.69, 9.17) is 27.9 Å². The molecule has 0 bridgehead atoms. The fraction of sp³-hybridized carbons (Fsp3) is 0.154. The van der Waals surface area contributed by atoms with Crippen molar-refractivity contribution >= 4 is 45.0 Å². The predicted molar refractivity (Wildman–Crippen MR) is 137 cm³/mol. The van der Waals surface area contributed by atoms with Crippen molar-refractivity contribution in [1.29, 1.82) is 0 Å². The molecule has 3 aromatic carbocycles. The van der Waals surface area contributed by atoms with Crippen molar-refractivity contribution in [2.45, 2.75) is 19.0 Å². The van der Waals surface area contributed by atoms with Crippen molar-refractivity contribution in [3.05, 3.63) is 115 Å². The van der Waals surface area contributed by atoms with Gasteiger partial charge >= 0.3 is 0 Å². The number of carbonyl (C=O) groups is 1. The third-order valence-electron chi connectivity index (χ3n) is 5.79. The third kappa shape index (κ3) is 4.71. The lowest BCUT2D eigenvalue weighted by Crippen LogP contribution is -2.29. The summed E-state index contributed by atoms with van der Waals surface area (Å²) in [5.74, 6) is 0.597. The Morgan fingerprint density at radius 1 is 1.12 bits per heavy atom. The van der Waals surface area contributed by atoms with Crippen LogP contribution in [0.25, 0.3) is 0 Å². The maximum absolute atomic E-state index is 13.4. The summed E-state index contributed by atoms with van der Waals surface area (Å²) in [7, 11) is 0.